The van der Waals surface area contributed by atoms with Gasteiger partial charge in [-0.05, 0) is 67.6 Å². The summed E-state index contributed by atoms with van der Waals surface area (Å²) in [4.78, 5) is 13.4. The first-order valence-corrected chi connectivity index (χ1v) is 10.9. The number of carbonyl (C=O) groups is 1. The maximum Gasteiger partial charge on any atom is 1.00 e. The van der Waals surface area contributed by atoms with E-state index in [9.17, 15) is 15.0 Å². The smallest absolute Gasteiger partial charge is 0.545 e. The number of piperidine rings is 1. The molecule has 0 spiro atoms. The largest absolute Gasteiger partial charge is 1.00 e. The van der Waals surface area contributed by atoms with Gasteiger partial charge in [-0.1, -0.05) is 6.07 Å². The summed E-state index contributed by atoms with van der Waals surface area (Å²) in [6.07, 6.45) is 1.000. The van der Waals surface area contributed by atoms with Gasteiger partial charge in [-0.2, -0.15) is 0 Å². The Morgan fingerprint density at radius 1 is 1.21 bits per heavy atom. The maximum absolute atomic E-state index is 11.6. The van der Waals surface area contributed by atoms with Gasteiger partial charge in [0, 0.05) is 36.1 Å². The van der Waals surface area contributed by atoms with Crippen LogP contribution in [-0.2, 0) is 0 Å². The number of nitrogens with one attached hydrogen (secondary N) is 3. The number of nitrogens with zero attached hydrogens (tertiary/aromatic N) is 2. The maximum atomic E-state index is 11.6. The average Bonchev–Trinajstić information content (AvgIpc) is 3.11. The number of aromatic carboxylic acids is 1. The molecule has 4 N–H and O–H groups in total. The van der Waals surface area contributed by atoms with Crippen molar-refractivity contribution in [3.05, 3.63) is 57.6 Å². The van der Waals surface area contributed by atoms with Crippen molar-refractivity contribution in [1.82, 2.24) is 14.8 Å². The van der Waals surface area contributed by atoms with E-state index in [0.29, 0.717) is 40.5 Å². The fourth-order valence-electron chi connectivity index (χ4n) is 3.71. The fourth-order valence-corrected chi connectivity index (χ4v) is 4.27. The molecule has 9 nitrogen and oxygen atoms in total. The van der Waals surface area contributed by atoms with Crippen LogP contribution in [0.3, 0.4) is 0 Å². The van der Waals surface area contributed by atoms with Crippen LogP contribution < -0.4 is 38.9 Å². The third kappa shape index (κ3) is 5.88. The second kappa shape index (κ2) is 11.0. The molecular formula is C21H22LiN5O4S2. The predicted molar refractivity (Wildman–Crippen MR) is 123 cm³/mol. The number of carbonyl (C=O) groups excluding carboxylic acids is 1. The molecule has 3 aromatic rings. The first kappa shape index (κ1) is 25.1. The zero-order valence-electron chi connectivity index (χ0n) is 18.0. The molecule has 0 radical (unpaired) electrons. The van der Waals surface area contributed by atoms with Crippen LogP contribution in [0, 0.1) is 9.54 Å². The van der Waals surface area contributed by atoms with Crippen molar-refractivity contribution in [3.8, 4) is 11.4 Å². The van der Waals surface area contributed by atoms with Gasteiger partial charge < -0.3 is 30.0 Å². The number of aliphatic hydroxyl groups is 1. The van der Waals surface area contributed by atoms with Gasteiger partial charge in [-0.3, -0.25) is 14.8 Å². The molecule has 0 aliphatic carbocycles. The van der Waals surface area contributed by atoms with Gasteiger partial charge in [0.25, 0.3) is 0 Å². The summed E-state index contributed by atoms with van der Waals surface area (Å²) in [6, 6.07) is 12.3. The first-order chi connectivity index (χ1) is 15.4. The molecule has 1 atom stereocenters. The Morgan fingerprint density at radius 2 is 1.97 bits per heavy atom. The van der Waals surface area contributed by atoms with Gasteiger partial charge in [0.15, 0.2) is 16.3 Å². The number of carboxylic acids is 1. The van der Waals surface area contributed by atoms with Crippen molar-refractivity contribution in [2.45, 2.75) is 18.9 Å². The Kier molecular flexibility index (Phi) is 8.39. The molecule has 1 aliphatic rings. The first-order valence-electron chi connectivity index (χ1n) is 10.1. The number of H-pyrrole nitrogens is 2. The topological polar surface area (TPSA) is 121 Å². The Balaban J connectivity index is 0.00000306. The van der Waals surface area contributed by atoms with Crippen molar-refractivity contribution in [2.24, 2.45) is 0 Å². The van der Waals surface area contributed by atoms with Gasteiger partial charge in [0.05, 0.1) is 17.8 Å². The molecule has 33 heavy (non-hydrogen) atoms. The summed E-state index contributed by atoms with van der Waals surface area (Å²) >= 11 is 10.5. The average molecular weight is 480 g/mol. The molecule has 0 bridgehead atoms. The molecule has 2 heterocycles. The standard InChI is InChI=1S/C21H23N5O4S2.Li/c27-15-5-2-8-25(11-15)18-10-16(6-7-17(18)19(28)29)30-12-22-13-3-1-4-14(9-13)26-20(31)23-24-21(26)32;/h1,3-4,6-7,9-10,15,22,27H,2,5,8,11-12H2,(H,23,31)(H,24,32)(H,28,29);/q;+1/p-1. The molecule has 12 heteroatoms. The van der Waals surface area contributed by atoms with Crippen LogP contribution >= 0.6 is 24.4 Å². The summed E-state index contributed by atoms with van der Waals surface area (Å²) in [5.41, 5.74) is 2.16. The molecule has 1 saturated heterocycles. The number of anilines is 2. The molecule has 1 aliphatic heterocycles. The van der Waals surface area contributed by atoms with E-state index in [1.54, 1.807) is 16.7 Å². The summed E-state index contributed by atoms with van der Waals surface area (Å²) < 4.78 is 8.44. The summed E-state index contributed by atoms with van der Waals surface area (Å²) in [5.74, 6) is -0.757. The van der Waals surface area contributed by atoms with Crippen LogP contribution in [0.15, 0.2) is 42.5 Å². The number of rotatable bonds is 7. The van der Waals surface area contributed by atoms with Crippen molar-refractivity contribution in [1.29, 1.82) is 0 Å². The minimum Gasteiger partial charge on any atom is -0.545 e. The number of carboxylic acid groups (broad SMARTS) is 1. The van der Waals surface area contributed by atoms with E-state index in [1.807, 2.05) is 29.2 Å². The van der Waals surface area contributed by atoms with E-state index in [4.69, 9.17) is 29.2 Å². The van der Waals surface area contributed by atoms with Gasteiger partial charge in [0.2, 0.25) is 0 Å². The van der Waals surface area contributed by atoms with Crippen molar-refractivity contribution in [2.75, 3.05) is 30.0 Å². The van der Waals surface area contributed by atoms with Gasteiger partial charge >= 0.3 is 18.9 Å². The van der Waals surface area contributed by atoms with E-state index >= 15 is 0 Å². The summed E-state index contributed by atoms with van der Waals surface area (Å²) in [5, 5.41) is 30.3. The second-order valence-corrected chi connectivity index (χ2v) is 8.19. The molecule has 0 amide bonds. The second-order valence-electron chi connectivity index (χ2n) is 7.42. The van der Waals surface area contributed by atoms with Crippen LogP contribution in [-0.4, -0.2) is 51.8 Å². The predicted octanol–water partition coefficient (Wildman–Crippen LogP) is -0.631. The minimum absolute atomic E-state index is 0. The zero-order valence-corrected chi connectivity index (χ0v) is 19.7. The van der Waals surface area contributed by atoms with Gasteiger partial charge in [-0.25, -0.2) is 0 Å². The Bertz CT molecular complexity index is 1210. The van der Waals surface area contributed by atoms with E-state index in [2.05, 4.69) is 15.5 Å². The van der Waals surface area contributed by atoms with Crippen molar-refractivity contribution in [3.63, 3.8) is 0 Å². The molecule has 1 fully saturated rings. The van der Waals surface area contributed by atoms with E-state index in [-0.39, 0.29) is 31.2 Å². The Morgan fingerprint density at radius 3 is 2.67 bits per heavy atom. The number of hydrogen-bond donors (Lipinski definition) is 4. The van der Waals surface area contributed by atoms with Gasteiger partial charge in [0.1, 0.15) is 5.75 Å². The number of hydrogen-bond acceptors (Lipinski definition) is 8. The molecule has 4 rings (SSSR count). The fraction of sp³-hybridized carbons (Fsp3) is 0.286. The normalized spacial score (nSPS) is 15.5. The summed E-state index contributed by atoms with van der Waals surface area (Å²) in [7, 11) is 0. The summed E-state index contributed by atoms with van der Waals surface area (Å²) in [6.45, 7) is 1.19. The van der Waals surface area contributed by atoms with Crippen molar-refractivity contribution < 1.29 is 38.6 Å². The van der Waals surface area contributed by atoms with E-state index in [0.717, 1.165) is 17.8 Å². The molecule has 1 unspecified atom stereocenters. The van der Waals surface area contributed by atoms with E-state index in [1.165, 1.54) is 6.07 Å². The van der Waals surface area contributed by atoms with Crippen LogP contribution in [0.5, 0.6) is 5.75 Å². The van der Waals surface area contributed by atoms with Crippen molar-refractivity contribution >= 4 is 41.8 Å². The Labute approximate surface area is 212 Å². The third-order valence-corrected chi connectivity index (χ3v) is 5.80. The monoisotopic (exact) mass is 479 g/mol. The van der Waals surface area contributed by atoms with Crippen LogP contribution in [0.2, 0.25) is 0 Å². The van der Waals surface area contributed by atoms with Crippen LogP contribution in [0.4, 0.5) is 11.4 Å². The molecule has 0 saturated carbocycles. The minimum atomic E-state index is -1.26. The molecule has 168 valence electrons. The molecule has 2 aromatic carbocycles. The van der Waals surface area contributed by atoms with Crippen LogP contribution in [0.1, 0.15) is 23.2 Å². The quantitative estimate of drug-likeness (QED) is 0.201. The molecule has 1 aromatic heterocycles. The number of aromatic amines is 2. The third-order valence-electron chi connectivity index (χ3n) is 5.23. The Hall–Kier alpha value is -2.55. The van der Waals surface area contributed by atoms with Gasteiger partial charge in [-0.15, -0.1) is 0 Å². The number of benzene rings is 2. The SMILES string of the molecule is O=C([O-])c1ccc(OCNc2cccc(-n3c(=S)[nH][nH]c3=S)c2)cc1N1CCCC(O)C1.[Li+]. The number of ether oxygens (including phenoxy) is 1. The number of β-amino-alcohol motifs (C(OH)–C–C–N with tert-alkyl or cyclic N) is 1. The number of aromatic nitrogens is 3. The molecular weight excluding hydrogens is 457 g/mol. The number of aliphatic hydroxyl groups excluding tert-OH is 1. The zero-order chi connectivity index (χ0) is 22.7. The van der Waals surface area contributed by atoms with Crippen LogP contribution in [0.25, 0.3) is 5.69 Å². The van der Waals surface area contributed by atoms with E-state index < -0.39 is 12.1 Å².